The quantitative estimate of drug-likeness (QED) is 0.911. The van der Waals surface area contributed by atoms with Crippen molar-refractivity contribution >= 4 is 28.3 Å². The summed E-state index contributed by atoms with van der Waals surface area (Å²) in [5.74, 6) is -0.287. The summed E-state index contributed by atoms with van der Waals surface area (Å²) in [5, 5.41) is 5.20. The molecular formula is C20H25N3O2. The number of fused-ring (bicyclic) bond motifs is 1. The van der Waals surface area contributed by atoms with E-state index < -0.39 is 0 Å². The first-order valence-electron chi connectivity index (χ1n) is 8.67. The van der Waals surface area contributed by atoms with Crippen molar-refractivity contribution in [1.29, 1.82) is 0 Å². The Morgan fingerprint density at radius 2 is 2.00 bits per heavy atom. The molecule has 1 aliphatic rings. The highest BCUT2D eigenvalue weighted by Gasteiger charge is 2.34. The van der Waals surface area contributed by atoms with E-state index in [1.165, 1.54) is 0 Å². The molecule has 0 radical (unpaired) electrons. The molecule has 25 heavy (non-hydrogen) atoms. The molecule has 1 aliphatic heterocycles. The third kappa shape index (κ3) is 3.82. The van der Waals surface area contributed by atoms with Crippen molar-refractivity contribution in [2.24, 2.45) is 5.92 Å². The zero-order valence-corrected chi connectivity index (χ0v) is 15.1. The van der Waals surface area contributed by atoms with Crippen LogP contribution in [0.2, 0.25) is 0 Å². The van der Waals surface area contributed by atoms with Crippen molar-refractivity contribution in [3.8, 4) is 0 Å². The van der Waals surface area contributed by atoms with Gasteiger partial charge in [-0.25, -0.2) is 0 Å². The highest BCUT2D eigenvalue weighted by molar-refractivity contribution is 6.05. The number of rotatable bonds is 5. The number of nitrogens with zero attached hydrogens (tertiary/aromatic N) is 2. The summed E-state index contributed by atoms with van der Waals surface area (Å²) < 4.78 is 0. The van der Waals surface area contributed by atoms with E-state index in [-0.39, 0.29) is 17.7 Å². The molecule has 2 aromatic rings. The van der Waals surface area contributed by atoms with E-state index in [0.29, 0.717) is 19.5 Å². The second kappa shape index (κ2) is 7.23. The van der Waals surface area contributed by atoms with Crippen molar-refractivity contribution in [1.82, 2.24) is 9.80 Å². The number of hydrogen-bond donors (Lipinski definition) is 1. The molecule has 2 amide bonds. The number of aryl methyl sites for hydroxylation is 1. The lowest BCUT2D eigenvalue weighted by Gasteiger charge is -2.19. The van der Waals surface area contributed by atoms with Crippen molar-refractivity contribution in [2.75, 3.05) is 39.0 Å². The summed E-state index contributed by atoms with van der Waals surface area (Å²) in [6.07, 6.45) is 0.295. The number of amides is 2. The van der Waals surface area contributed by atoms with E-state index in [1.807, 2.05) is 56.3 Å². The zero-order valence-electron chi connectivity index (χ0n) is 15.1. The molecule has 1 heterocycles. The van der Waals surface area contributed by atoms with E-state index in [2.05, 4.69) is 11.4 Å². The summed E-state index contributed by atoms with van der Waals surface area (Å²) in [5.41, 5.74) is 1.88. The third-order valence-corrected chi connectivity index (χ3v) is 4.79. The van der Waals surface area contributed by atoms with Crippen LogP contribution in [-0.2, 0) is 9.59 Å². The van der Waals surface area contributed by atoms with Gasteiger partial charge in [0.05, 0.1) is 11.6 Å². The number of likely N-dealkylation sites (tertiary alicyclic amines) is 1. The van der Waals surface area contributed by atoms with E-state index in [9.17, 15) is 9.59 Å². The molecule has 0 spiro atoms. The van der Waals surface area contributed by atoms with Crippen LogP contribution in [0.15, 0.2) is 36.4 Å². The second-order valence-corrected chi connectivity index (χ2v) is 7.01. The van der Waals surface area contributed by atoms with Gasteiger partial charge in [0.1, 0.15) is 0 Å². The lowest BCUT2D eigenvalue weighted by Crippen LogP contribution is -2.34. The van der Waals surface area contributed by atoms with Gasteiger partial charge < -0.3 is 15.1 Å². The van der Waals surface area contributed by atoms with Gasteiger partial charge in [-0.05, 0) is 32.0 Å². The summed E-state index contributed by atoms with van der Waals surface area (Å²) in [6.45, 7) is 3.97. The first-order valence-corrected chi connectivity index (χ1v) is 8.67. The van der Waals surface area contributed by atoms with Crippen LogP contribution in [-0.4, -0.2) is 55.3 Å². The fourth-order valence-corrected chi connectivity index (χ4v) is 3.26. The molecule has 0 aliphatic carbocycles. The van der Waals surface area contributed by atoms with Crippen LogP contribution in [0.1, 0.15) is 12.0 Å². The molecule has 0 saturated carbocycles. The van der Waals surface area contributed by atoms with Crippen LogP contribution in [0.25, 0.3) is 10.8 Å². The molecule has 132 valence electrons. The largest absolute Gasteiger partial charge is 0.341 e. The third-order valence-electron chi connectivity index (χ3n) is 4.79. The number of carbonyl (C=O) groups is 2. The molecule has 1 N–H and O–H groups in total. The minimum absolute atomic E-state index is 0.0663. The van der Waals surface area contributed by atoms with Crippen LogP contribution in [0.4, 0.5) is 5.69 Å². The van der Waals surface area contributed by atoms with E-state index in [0.717, 1.165) is 28.6 Å². The summed E-state index contributed by atoms with van der Waals surface area (Å²) in [4.78, 5) is 28.7. The molecular weight excluding hydrogens is 314 g/mol. The minimum atomic E-state index is -0.284. The van der Waals surface area contributed by atoms with Gasteiger partial charge in [-0.1, -0.05) is 36.4 Å². The van der Waals surface area contributed by atoms with Crippen LogP contribution in [0.5, 0.6) is 0 Å². The van der Waals surface area contributed by atoms with Crippen LogP contribution < -0.4 is 5.32 Å². The molecule has 0 bridgehead atoms. The smallest absolute Gasteiger partial charge is 0.229 e. The topological polar surface area (TPSA) is 52.7 Å². The lowest BCUT2D eigenvalue weighted by molar-refractivity contribution is -0.128. The second-order valence-electron chi connectivity index (χ2n) is 7.01. The van der Waals surface area contributed by atoms with E-state index in [1.54, 1.807) is 4.90 Å². The number of benzene rings is 2. The molecule has 1 saturated heterocycles. The number of carbonyl (C=O) groups excluding carboxylic acids is 2. The van der Waals surface area contributed by atoms with Crippen LogP contribution >= 0.6 is 0 Å². The predicted molar refractivity (Wildman–Crippen MR) is 101 cm³/mol. The monoisotopic (exact) mass is 339 g/mol. The van der Waals surface area contributed by atoms with Crippen LogP contribution in [0, 0.1) is 12.8 Å². The molecule has 5 nitrogen and oxygen atoms in total. The molecule has 1 atom stereocenters. The number of nitrogens with one attached hydrogen (secondary N) is 1. The van der Waals surface area contributed by atoms with E-state index >= 15 is 0 Å². The normalized spacial score (nSPS) is 17.5. The standard InChI is InChI=1S/C20H25N3O2/c1-14-8-9-15-6-4-5-7-17(15)19(14)21-20(25)16-12-18(24)23(13-16)11-10-22(2)3/h4-9,16H,10-13H2,1-3H3,(H,21,25). The van der Waals surface area contributed by atoms with Crippen LogP contribution in [0.3, 0.4) is 0 Å². The van der Waals surface area contributed by atoms with Gasteiger partial charge >= 0.3 is 0 Å². The number of likely N-dealkylation sites (N-methyl/N-ethyl adjacent to an activating group) is 1. The maximum absolute atomic E-state index is 12.7. The lowest BCUT2D eigenvalue weighted by atomic mass is 10.0. The fourth-order valence-electron chi connectivity index (χ4n) is 3.26. The first kappa shape index (κ1) is 17.4. The Kier molecular flexibility index (Phi) is 5.04. The van der Waals surface area contributed by atoms with Gasteiger partial charge in [0, 0.05) is 31.4 Å². The Labute approximate surface area is 148 Å². The van der Waals surface area contributed by atoms with Gasteiger partial charge in [-0.15, -0.1) is 0 Å². The van der Waals surface area contributed by atoms with Crippen molar-refractivity contribution in [3.63, 3.8) is 0 Å². The summed E-state index contributed by atoms with van der Waals surface area (Å²) in [6, 6.07) is 12.1. The molecule has 3 rings (SSSR count). The maximum Gasteiger partial charge on any atom is 0.229 e. The van der Waals surface area contributed by atoms with Crippen molar-refractivity contribution in [3.05, 3.63) is 42.0 Å². The first-order chi connectivity index (χ1) is 12.0. The molecule has 5 heteroatoms. The molecule has 2 aromatic carbocycles. The van der Waals surface area contributed by atoms with Gasteiger partial charge in [0.15, 0.2) is 0 Å². The zero-order chi connectivity index (χ0) is 18.0. The Balaban J connectivity index is 1.73. The summed E-state index contributed by atoms with van der Waals surface area (Å²) >= 11 is 0. The average Bonchev–Trinajstić information content (AvgIpc) is 2.96. The van der Waals surface area contributed by atoms with Crippen molar-refractivity contribution < 1.29 is 9.59 Å². The number of anilines is 1. The molecule has 1 fully saturated rings. The van der Waals surface area contributed by atoms with E-state index in [4.69, 9.17) is 0 Å². The Bertz CT molecular complexity index is 801. The van der Waals surface area contributed by atoms with Gasteiger partial charge in [0.25, 0.3) is 0 Å². The highest BCUT2D eigenvalue weighted by atomic mass is 16.2. The Morgan fingerprint density at radius 1 is 1.24 bits per heavy atom. The van der Waals surface area contributed by atoms with Crippen molar-refractivity contribution in [2.45, 2.75) is 13.3 Å². The highest BCUT2D eigenvalue weighted by Crippen LogP contribution is 2.28. The van der Waals surface area contributed by atoms with Gasteiger partial charge in [-0.3, -0.25) is 9.59 Å². The minimum Gasteiger partial charge on any atom is -0.341 e. The molecule has 1 unspecified atom stereocenters. The van der Waals surface area contributed by atoms with Gasteiger partial charge in [-0.2, -0.15) is 0 Å². The fraction of sp³-hybridized carbons (Fsp3) is 0.400. The Morgan fingerprint density at radius 3 is 2.76 bits per heavy atom. The predicted octanol–water partition coefficient (Wildman–Crippen LogP) is 2.50. The summed E-state index contributed by atoms with van der Waals surface area (Å²) in [7, 11) is 3.96. The van der Waals surface area contributed by atoms with Gasteiger partial charge in [0.2, 0.25) is 11.8 Å². The average molecular weight is 339 g/mol. The Hall–Kier alpha value is -2.40. The molecule has 0 aromatic heterocycles. The SMILES string of the molecule is Cc1ccc2ccccc2c1NC(=O)C1CC(=O)N(CCN(C)C)C1. The number of hydrogen-bond acceptors (Lipinski definition) is 3. The maximum atomic E-state index is 12.7.